The van der Waals surface area contributed by atoms with E-state index in [1.165, 1.54) is 7.11 Å². The van der Waals surface area contributed by atoms with Crippen molar-refractivity contribution in [3.8, 4) is 6.07 Å². The first-order valence-corrected chi connectivity index (χ1v) is 7.89. The SMILES string of the molecule is COC(=O)CCC1CC(NC(=O)OC(C)(C)C)CN(CC#N)C1. The van der Waals surface area contributed by atoms with Crippen molar-refractivity contribution < 1.29 is 19.1 Å². The van der Waals surface area contributed by atoms with Crippen LogP contribution in [0.4, 0.5) is 4.79 Å². The Labute approximate surface area is 137 Å². The lowest BCUT2D eigenvalue weighted by Crippen LogP contribution is -2.51. The topological polar surface area (TPSA) is 91.7 Å². The third-order valence-electron chi connectivity index (χ3n) is 3.61. The molecule has 0 aromatic heterocycles. The molecule has 1 N–H and O–H groups in total. The number of ether oxygens (including phenoxy) is 2. The van der Waals surface area contributed by atoms with Crippen molar-refractivity contribution in [2.24, 2.45) is 5.92 Å². The Balaban J connectivity index is 2.58. The minimum absolute atomic E-state index is 0.0883. The molecule has 0 radical (unpaired) electrons. The minimum atomic E-state index is -0.546. The second-order valence-electron chi connectivity index (χ2n) is 6.91. The maximum Gasteiger partial charge on any atom is 0.407 e. The molecule has 1 amide bonds. The largest absolute Gasteiger partial charge is 0.469 e. The first-order valence-electron chi connectivity index (χ1n) is 7.89. The highest BCUT2D eigenvalue weighted by Gasteiger charge is 2.29. The number of nitrogens with zero attached hydrogens (tertiary/aromatic N) is 2. The van der Waals surface area contributed by atoms with E-state index >= 15 is 0 Å². The second kappa shape index (κ2) is 8.73. The zero-order valence-corrected chi connectivity index (χ0v) is 14.4. The fourth-order valence-electron chi connectivity index (χ4n) is 2.74. The molecule has 0 spiro atoms. The minimum Gasteiger partial charge on any atom is -0.469 e. The summed E-state index contributed by atoms with van der Waals surface area (Å²) in [7, 11) is 1.37. The van der Waals surface area contributed by atoms with Gasteiger partial charge in [0.1, 0.15) is 5.60 Å². The average molecular weight is 325 g/mol. The number of carbonyl (C=O) groups excluding carboxylic acids is 2. The monoisotopic (exact) mass is 325 g/mol. The zero-order valence-electron chi connectivity index (χ0n) is 14.4. The number of esters is 1. The number of rotatable bonds is 5. The Morgan fingerprint density at radius 1 is 1.35 bits per heavy atom. The Bertz CT molecular complexity index is 453. The van der Waals surface area contributed by atoms with Gasteiger partial charge in [0.15, 0.2) is 0 Å². The van der Waals surface area contributed by atoms with Gasteiger partial charge in [0, 0.05) is 25.6 Å². The highest BCUT2D eigenvalue weighted by Crippen LogP contribution is 2.22. The zero-order chi connectivity index (χ0) is 17.5. The van der Waals surface area contributed by atoms with Crippen molar-refractivity contribution in [3.05, 3.63) is 0 Å². The lowest BCUT2D eigenvalue weighted by atomic mass is 9.90. The first kappa shape index (κ1) is 19.2. The van der Waals surface area contributed by atoms with Crippen LogP contribution in [-0.4, -0.2) is 55.3 Å². The fourth-order valence-corrected chi connectivity index (χ4v) is 2.74. The molecule has 1 saturated heterocycles. The summed E-state index contributed by atoms with van der Waals surface area (Å²) in [5.74, 6) is -0.00445. The molecule has 2 atom stereocenters. The van der Waals surface area contributed by atoms with Crippen molar-refractivity contribution >= 4 is 12.1 Å². The Morgan fingerprint density at radius 3 is 2.61 bits per heavy atom. The summed E-state index contributed by atoms with van der Waals surface area (Å²) in [6.45, 7) is 7.11. The van der Waals surface area contributed by atoms with Crippen molar-refractivity contribution in [1.82, 2.24) is 10.2 Å². The van der Waals surface area contributed by atoms with Gasteiger partial charge in [-0.05, 0) is 39.5 Å². The Hall–Kier alpha value is -1.81. The number of nitriles is 1. The predicted molar refractivity (Wildman–Crippen MR) is 84.6 cm³/mol. The van der Waals surface area contributed by atoms with E-state index in [4.69, 9.17) is 10.00 Å². The second-order valence-corrected chi connectivity index (χ2v) is 6.91. The van der Waals surface area contributed by atoms with Crippen LogP contribution in [0.2, 0.25) is 0 Å². The van der Waals surface area contributed by atoms with Crippen molar-refractivity contribution in [3.63, 3.8) is 0 Å². The van der Waals surface area contributed by atoms with E-state index in [0.29, 0.717) is 25.9 Å². The van der Waals surface area contributed by atoms with E-state index in [1.54, 1.807) is 0 Å². The van der Waals surface area contributed by atoms with Crippen LogP contribution < -0.4 is 5.32 Å². The molecule has 1 aliphatic rings. The Kier molecular flexibility index (Phi) is 7.30. The molecule has 7 heteroatoms. The number of carbonyl (C=O) groups is 2. The summed E-state index contributed by atoms with van der Waals surface area (Å²) < 4.78 is 9.95. The third-order valence-corrected chi connectivity index (χ3v) is 3.61. The highest BCUT2D eigenvalue weighted by molar-refractivity contribution is 5.69. The molecule has 1 aliphatic heterocycles. The molecule has 0 bridgehead atoms. The van der Waals surface area contributed by atoms with Crippen LogP contribution in [0.5, 0.6) is 0 Å². The van der Waals surface area contributed by atoms with Gasteiger partial charge in [0.05, 0.1) is 19.7 Å². The lowest BCUT2D eigenvalue weighted by Gasteiger charge is -2.37. The Morgan fingerprint density at radius 2 is 2.04 bits per heavy atom. The van der Waals surface area contributed by atoms with E-state index in [9.17, 15) is 9.59 Å². The van der Waals surface area contributed by atoms with Crippen LogP contribution in [-0.2, 0) is 14.3 Å². The third kappa shape index (κ3) is 7.84. The van der Waals surface area contributed by atoms with Gasteiger partial charge in [-0.15, -0.1) is 0 Å². The number of likely N-dealkylation sites (tertiary alicyclic amines) is 1. The van der Waals surface area contributed by atoms with E-state index in [1.807, 2.05) is 25.7 Å². The number of methoxy groups -OCH3 is 1. The van der Waals surface area contributed by atoms with Crippen LogP contribution >= 0.6 is 0 Å². The quantitative estimate of drug-likeness (QED) is 0.611. The summed E-state index contributed by atoms with van der Waals surface area (Å²) in [6, 6.07) is 2.05. The molecule has 1 fully saturated rings. The maximum absolute atomic E-state index is 11.9. The fraction of sp³-hybridized carbons (Fsp3) is 0.812. The van der Waals surface area contributed by atoms with Crippen LogP contribution in [0.15, 0.2) is 0 Å². The first-order chi connectivity index (χ1) is 10.7. The average Bonchev–Trinajstić information content (AvgIpc) is 2.42. The summed E-state index contributed by atoms with van der Waals surface area (Å²) in [5, 5.41) is 11.8. The molecule has 130 valence electrons. The normalized spacial score (nSPS) is 22.0. The van der Waals surface area contributed by atoms with Gasteiger partial charge in [0.2, 0.25) is 0 Å². The molecule has 0 aromatic rings. The van der Waals surface area contributed by atoms with Crippen LogP contribution in [0.1, 0.15) is 40.0 Å². The van der Waals surface area contributed by atoms with Crippen molar-refractivity contribution in [2.75, 3.05) is 26.7 Å². The standard InChI is InChI=1S/C16H27N3O4/c1-16(2,3)23-15(21)18-13-9-12(5-6-14(20)22-4)10-19(11-13)8-7-17/h12-13H,5-6,8-11H2,1-4H3,(H,18,21). The van der Waals surface area contributed by atoms with Crippen LogP contribution in [0.25, 0.3) is 0 Å². The molecular weight excluding hydrogens is 298 g/mol. The molecule has 1 rings (SSSR count). The molecule has 2 unspecified atom stereocenters. The molecule has 1 heterocycles. The molecular formula is C16H27N3O4. The van der Waals surface area contributed by atoms with Gasteiger partial charge < -0.3 is 14.8 Å². The van der Waals surface area contributed by atoms with Gasteiger partial charge in [0.25, 0.3) is 0 Å². The summed E-state index contributed by atoms with van der Waals surface area (Å²) in [4.78, 5) is 25.2. The summed E-state index contributed by atoms with van der Waals surface area (Å²) in [5.41, 5.74) is -0.546. The number of hydrogen-bond donors (Lipinski definition) is 1. The molecule has 0 aromatic carbocycles. The number of amides is 1. The smallest absolute Gasteiger partial charge is 0.407 e. The lowest BCUT2D eigenvalue weighted by molar-refractivity contribution is -0.141. The highest BCUT2D eigenvalue weighted by atomic mass is 16.6. The predicted octanol–water partition coefficient (Wildman–Crippen LogP) is 1.68. The van der Waals surface area contributed by atoms with Gasteiger partial charge in [-0.3, -0.25) is 9.69 Å². The maximum atomic E-state index is 11.9. The number of alkyl carbamates (subject to hydrolysis) is 1. The van der Waals surface area contributed by atoms with Crippen LogP contribution in [0.3, 0.4) is 0 Å². The molecule has 0 aliphatic carbocycles. The molecule has 23 heavy (non-hydrogen) atoms. The van der Waals surface area contributed by atoms with Crippen LogP contribution in [0, 0.1) is 17.2 Å². The molecule has 0 saturated carbocycles. The van der Waals surface area contributed by atoms with Crippen molar-refractivity contribution in [1.29, 1.82) is 5.26 Å². The van der Waals surface area contributed by atoms with Gasteiger partial charge in [-0.2, -0.15) is 5.26 Å². The number of hydrogen-bond acceptors (Lipinski definition) is 6. The van der Waals surface area contributed by atoms with E-state index in [2.05, 4.69) is 16.1 Å². The van der Waals surface area contributed by atoms with E-state index in [-0.39, 0.29) is 17.9 Å². The van der Waals surface area contributed by atoms with Gasteiger partial charge in [-0.1, -0.05) is 0 Å². The molecule has 7 nitrogen and oxygen atoms in total. The van der Waals surface area contributed by atoms with Gasteiger partial charge >= 0.3 is 12.1 Å². The van der Waals surface area contributed by atoms with Gasteiger partial charge in [-0.25, -0.2) is 4.79 Å². The summed E-state index contributed by atoms with van der Waals surface area (Å²) in [6.07, 6.45) is 1.34. The number of piperidine rings is 1. The summed E-state index contributed by atoms with van der Waals surface area (Å²) >= 11 is 0. The number of nitrogens with one attached hydrogen (secondary N) is 1. The van der Waals surface area contributed by atoms with Crippen molar-refractivity contribution in [2.45, 2.75) is 51.7 Å². The van der Waals surface area contributed by atoms with E-state index in [0.717, 1.165) is 13.0 Å². The van der Waals surface area contributed by atoms with E-state index < -0.39 is 11.7 Å².